The smallest absolute Gasteiger partial charge is 0.338 e. The second-order valence-electron chi connectivity index (χ2n) is 7.00. The van der Waals surface area contributed by atoms with Gasteiger partial charge >= 0.3 is 5.97 Å². The molecule has 4 rings (SSSR count). The molecule has 0 aromatic heterocycles. The van der Waals surface area contributed by atoms with E-state index in [4.69, 9.17) is 23.7 Å². The Kier molecular flexibility index (Phi) is 3.69. The van der Waals surface area contributed by atoms with Crippen LogP contribution in [0.4, 0.5) is 0 Å². The zero-order valence-electron chi connectivity index (χ0n) is 14.1. The Bertz CT molecular complexity index is 630. The number of carbonyl (C=O) groups is 1. The summed E-state index contributed by atoms with van der Waals surface area (Å²) >= 11 is 0. The largest absolute Gasteiger partial charge is 0.456 e. The first kappa shape index (κ1) is 16.0. The van der Waals surface area contributed by atoms with Crippen LogP contribution in [0.1, 0.15) is 37.0 Å². The number of carbonyl (C=O) groups excluding carboxylic acids is 1. The second-order valence-corrected chi connectivity index (χ2v) is 7.00. The van der Waals surface area contributed by atoms with Crippen LogP contribution in [0.25, 0.3) is 0 Å². The molecule has 5 atom stereocenters. The van der Waals surface area contributed by atoms with Crippen molar-refractivity contribution in [1.29, 1.82) is 0 Å². The average molecular weight is 334 g/mol. The van der Waals surface area contributed by atoms with Gasteiger partial charge in [0.1, 0.15) is 23.9 Å². The maximum Gasteiger partial charge on any atom is 0.338 e. The van der Waals surface area contributed by atoms with E-state index in [0.29, 0.717) is 5.56 Å². The third-order valence-corrected chi connectivity index (χ3v) is 5.05. The lowest BCUT2D eigenvalue weighted by Gasteiger charge is -2.47. The molecule has 1 saturated carbocycles. The zero-order chi connectivity index (χ0) is 16.9. The molecule has 0 bridgehead atoms. The van der Waals surface area contributed by atoms with Crippen molar-refractivity contribution in [2.45, 2.75) is 62.7 Å². The summed E-state index contributed by atoms with van der Waals surface area (Å²) < 4.78 is 29.2. The first-order valence-electron chi connectivity index (χ1n) is 8.27. The SMILES string of the molecule is COC1O[C@@]2(CC[C@H]2OC(=O)c2ccccc2)[C@@H]2OC(C)(C)OC12. The molecule has 0 radical (unpaired) electrons. The van der Waals surface area contributed by atoms with Gasteiger partial charge in [-0.1, -0.05) is 18.2 Å². The van der Waals surface area contributed by atoms with Crippen LogP contribution in [0.5, 0.6) is 0 Å². The molecule has 0 amide bonds. The fraction of sp³-hybridized carbons (Fsp3) is 0.611. The van der Waals surface area contributed by atoms with Gasteiger partial charge in [-0.3, -0.25) is 0 Å². The summed E-state index contributed by atoms with van der Waals surface area (Å²) in [5, 5.41) is 0. The van der Waals surface area contributed by atoms with Crippen LogP contribution in [0.2, 0.25) is 0 Å². The molecule has 0 N–H and O–H groups in total. The molecule has 3 fully saturated rings. The molecule has 1 aromatic carbocycles. The molecule has 1 aliphatic carbocycles. The van der Waals surface area contributed by atoms with Gasteiger partial charge in [0.2, 0.25) is 0 Å². The monoisotopic (exact) mass is 334 g/mol. The zero-order valence-corrected chi connectivity index (χ0v) is 14.1. The van der Waals surface area contributed by atoms with Crippen LogP contribution in [-0.2, 0) is 23.7 Å². The van der Waals surface area contributed by atoms with E-state index in [1.807, 2.05) is 32.0 Å². The first-order chi connectivity index (χ1) is 11.5. The quantitative estimate of drug-likeness (QED) is 0.790. The van der Waals surface area contributed by atoms with Crippen molar-refractivity contribution in [3.05, 3.63) is 35.9 Å². The van der Waals surface area contributed by atoms with E-state index >= 15 is 0 Å². The Hall–Kier alpha value is -1.47. The topological polar surface area (TPSA) is 63.2 Å². The van der Waals surface area contributed by atoms with E-state index < -0.39 is 17.7 Å². The molecule has 24 heavy (non-hydrogen) atoms. The molecule has 130 valence electrons. The summed E-state index contributed by atoms with van der Waals surface area (Å²) in [7, 11) is 1.58. The summed E-state index contributed by atoms with van der Waals surface area (Å²) in [4.78, 5) is 12.4. The standard InChI is InChI=1S/C18H22O6/c1-17(2)22-13-14(23-17)18(24-16(13)20-3)10-9-12(18)21-15(19)11-7-5-4-6-8-11/h4-8,12-14,16H,9-10H2,1-3H3/t12-,13?,14-,16?,18-/m1/s1. The van der Waals surface area contributed by atoms with Gasteiger partial charge in [-0.05, 0) is 38.8 Å². The lowest BCUT2D eigenvalue weighted by atomic mass is 9.72. The minimum Gasteiger partial charge on any atom is -0.456 e. The van der Waals surface area contributed by atoms with Crippen molar-refractivity contribution in [3.8, 4) is 0 Å². The Balaban J connectivity index is 1.54. The van der Waals surface area contributed by atoms with E-state index in [1.54, 1.807) is 19.2 Å². The summed E-state index contributed by atoms with van der Waals surface area (Å²) in [6, 6.07) is 8.96. The maximum absolute atomic E-state index is 12.4. The Morgan fingerprint density at radius 3 is 2.54 bits per heavy atom. The van der Waals surface area contributed by atoms with Crippen LogP contribution in [-0.4, -0.2) is 49.1 Å². The molecule has 2 unspecified atom stereocenters. The van der Waals surface area contributed by atoms with E-state index in [1.165, 1.54) is 0 Å². The summed E-state index contributed by atoms with van der Waals surface area (Å²) in [6.07, 6.45) is -0.0178. The van der Waals surface area contributed by atoms with Gasteiger partial charge in [0, 0.05) is 7.11 Å². The highest BCUT2D eigenvalue weighted by molar-refractivity contribution is 5.89. The highest BCUT2D eigenvalue weighted by Gasteiger charge is 2.70. The van der Waals surface area contributed by atoms with E-state index in [2.05, 4.69) is 0 Å². The summed E-state index contributed by atoms with van der Waals surface area (Å²) in [5.41, 5.74) is -0.162. The number of ether oxygens (including phenoxy) is 5. The molecule has 6 nitrogen and oxygen atoms in total. The van der Waals surface area contributed by atoms with Gasteiger partial charge in [-0.25, -0.2) is 4.79 Å². The number of rotatable bonds is 3. The van der Waals surface area contributed by atoms with Gasteiger partial charge < -0.3 is 23.7 Å². The Morgan fingerprint density at radius 2 is 1.92 bits per heavy atom. The number of hydrogen-bond donors (Lipinski definition) is 0. The third-order valence-electron chi connectivity index (χ3n) is 5.05. The highest BCUT2D eigenvalue weighted by Crippen LogP contribution is 2.54. The van der Waals surface area contributed by atoms with Gasteiger partial charge in [0.15, 0.2) is 12.1 Å². The first-order valence-corrected chi connectivity index (χ1v) is 8.27. The van der Waals surface area contributed by atoms with Crippen LogP contribution < -0.4 is 0 Å². The van der Waals surface area contributed by atoms with E-state index in [0.717, 1.165) is 12.8 Å². The third kappa shape index (κ3) is 2.37. The van der Waals surface area contributed by atoms with E-state index in [9.17, 15) is 4.79 Å². The van der Waals surface area contributed by atoms with Gasteiger partial charge in [0.05, 0.1) is 5.56 Å². The lowest BCUT2D eigenvalue weighted by Crippen LogP contribution is -2.61. The van der Waals surface area contributed by atoms with Crippen molar-refractivity contribution in [1.82, 2.24) is 0 Å². The highest BCUT2D eigenvalue weighted by atomic mass is 16.8. The van der Waals surface area contributed by atoms with Crippen molar-refractivity contribution in [3.63, 3.8) is 0 Å². The molecular weight excluding hydrogens is 312 g/mol. The van der Waals surface area contributed by atoms with Crippen LogP contribution in [0.15, 0.2) is 30.3 Å². The number of hydrogen-bond acceptors (Lipinski definition) is 6. The predicted octanol–water partition coefficient (Wildman–Crippen LogP) is 2.27. The van der Waals surface area contributed by atoms with E-state index in [-0.39, 0.29) is 24.3 Å². The number of methoxy groups -OCH3 is 1. The Morgan fingerprint density at radius 1 is 1.17 bits per heavy atom. The van der Waals surface area contributed by atoms with Crippen molar-refractivity contribution in [2.75, 3.05) is 7.11 Å². The fourth-order valence-electron chi connectivity index (χ4n) is 3.84. The van der Waals surface area contributed by atoms with Crippen molar-refractivity contribution in [2.24, 2.45) is 0 Å². The number of benzene rings is 1. The molecule has 1 spiro atoms. The minimum atomic E-state index is -0.702. The molecular formula is C18H22O6. The fourth-order valence-corrected chi connectivity index (χ4v) is 3.84. The summed E-state index contributed by atoms with van der Waals surface area (Å²) in [5.74, 6) is -1.05. The normalized spacial score (nSPS) is 39.5. The molecule has 2 aliphatic heterocycles. The average Bonchev–Trinajstić information content (AvgIpc) is 3.04. The van der Waals surface area contributed by atoms with Crippen LogP contribution in [0, 0.1) is 0 Å². The van der Waals surface area contributed by atoms with Crippen molar-refractivity contribution >= 4 is 5.97 Å². The van der Waals surface area contributed by atoms with Crippen molar-refractivity contribution < 1.29 is 28.5 Å². The minimum absolute atomic E-state index is 0.306. The van der Waals surface area contributed by atoms with Crippen LogP contribution in [0.3, 0.4) is 0 Å². The number of fused-ring (bicyclic) bond motifs is 2. The molecule has 1 aromatic rings. The molecule has 2 heterocycles. The lowest BCUT2D eigenvalue weighted by molar-refractivity contribution is -0.288. The predicted molar refractivity (Wildman–Crippen MR) is 83.3 cm³/mol. The van der Waals surface area contributed by atoms with Crippen LogP contribution >= 0.6 is 0 Å². The van der Waals surface area contributed by atoms with Gasteiger partial charge in [0.25, 0.3) is 0 Å². The van der Waals surface area contributed by atoms with Gasteiger partial charge in [-0.15, -0.1) is 0 Å². The Labute approximate surface area is 141 Å². The summed E-state index contributed by atoms with van der Waals surface area (Å²) in [6.45, 7) is 3.74. The second kappa shape index (κ2) is 5.52. The molecule has 6 heteroatoms. The molecule has 2 saturated heterocycles. The number of esters is 1. The molecule has 3 aliphatic rings. The van der Waals surface area contributed by atoms with Gasteiger partial charge in [-0.2, -0.15) is 0 Å². The maximum atomic E-state index is 12.4.